The number of aromatic nitrogens is 2. The van der Waals surface area contributed by atoms with E-state index in [0.29, 0.717) is 13.0 Å². The van der Waals surface area contributed by atoms with Gasteiger partial charge in [0, 0.05) is 27.8 Å². The molecule has 8 nitrogen and oxygen atoms in total. The first-order chi connectivity index (χ1) is 13.2. The molecule has 1 heterocycles. The molecule has 0 aromatic carbocycles. The van der Waals surface area contributed by atoms with Crippen molar-refractivity contribution in [2.75, 3.05) is 6.61 Å². The van der Waals surface area contributed by atoms with Gasteiger partial charge in [0.05, 0.1) is 6.04 Å². The lowest BCUT2D eigenvalue weighted by molar-refractivity contribution is -0.145. The molecule has 0 aliphatic heterocycles. The number of nitriles is 1. The Morgan fingerprint density at radius 1 is 1.43 bits per heavy atom. The molecule has 1 aromatic rings. The molecule has 2 rings (SSSR count). The zero-order valence-electron chi connectivity index (χ0n) is 16.9. The number of hydrogen-bond donors (Lipinski definition) is 1. The van der Waals surface area contributed by atoms with Gasteiger partial charge in [0.1, 0.15) is 18.9 Å². The van der Waals surface area contributed by atoms with Crippen LogP contribution in [0, 0.1) is 11.3 Å². The third-order valence-corrected chi connectivity index (χ3v) is 6.01. The van der Waals surface area contributed by atoms with Gasteiger partial charge in [-0.2, -0.15) is 5.26 Å². The quantitative estimate of drug-likeness (QED) is 0.309. The van der Waals surface area contributed by atoms with Crippen molar-refractivity contribution in [3.63, 3.8) is 0 Å². The molecule has 2 unspecified atom stereocenters. The zero-order valence-corrected chi connectivity index (χ0v) is 17.9. The Hall–Kier alpha value is -2.44. The Morgan fingerprint density at radius 3 is 2.82 bits per heavy atom. The Labute approximate surface area is 166 Å². The SMILES string of the molecule is CC(=O)OC1C=CCCC1NC(=O)c1nc(C#N)cn1COCC[Si](C)(C)C. The molecule has 0 bridgehead atoms. The highest BCUT2D eigenvalue weighted by Crippen LogP contribution is 2.16. The molecule has 2 atom stereocenters. The number of allylic oxidation sites excluding steroid dienone is 1. The maximum absolute atomic E-state index is 12.8. The molecule has 0 radical (unpaired) electrons. The fourth-order valence-electron chi connectivity index (χ4n) is 2.80. The average molecular weight is 405 g/mol. The van der Waals surface area contributed by atoms with Gasteiger partial charge in [-0.1, -0.05) is 25.7 Å². The topological polar surface area (TPSA) is 106 Å². The highest BCUT2D eigenvalue weighted by Gasteiger charge is 2.28. The number of rotatable bonds is 8. The standard InChI is InChI=1S/C19H28N4O4Si/c1-14(24)27-17-8-6-5-7-16(17)22-19(25)18-21-15(11-20)12-23(18)13-26-9-10-28(2,3)4/h6,8,12,16-17H,5,7,9-10,13H2,1-4H3,(H,22,25). The van der Waals surface area contributed by atoms with Crippen LogP contribution in [0.1, 0.15) is 36.1 Å². The Kier molecular flexibility index (Phi) is 7.54. The number of imidazole rings is 1. The van der Waals surface area contributed by atoms with Crippen LogP contribution >= 0.6 is 0 Å². The summed E-state index contributed by atoms with van der Waals surface area (Å²) < 4.78 is 12.5. The van der Waals surface area contributed by atoms with Crippen LogP contribution in [0.4, 0.5) is 0 Å². The third kappa shape index (κ3) is 6.62. The maximum atomic E-state index is 12.8. The second-order valence-electron chi connectivity index (χ2n) is 8.04. The molecule has 0 fully saturated rings. The molecule has 1 aliphatic rings. The smallest absolute Gasteiger partial charge is 0.303 e. The molecule has 152 valence electrons. The fraction of sp³-hybridized carbons (Fsp3) is 0.579. The van der Waals surface area contributed by atoms with Gasteiger partial charge in [0.2, 0.25) is 5.82 Å². The van der Waals surface area contributed by atoms with Crippen LogP contribution in [0.15, 0.2) is 18.3 Å². The summed E-state index contributed by atoms with van der Waals surface area (Å²) in [6.07, 6.45) is 6.13. The number of nitrogens with zero attached hydrogens (tertiary/aromatic N) is 3. The summed E-state index contributed by atoms with van der Waals surface area (Å²) in [6, 6.07) is 2.62. The molecule has 28 heavy (non-hydrogen) atoms. The highest BCUT2D eigenvalue weighted by molar-refractivity contribution is 6.76. The number of esters is 1. The van der Waals surface area contributed by atoms with Crippen molar-refractivity contribution in [2.45, 2.75) is 64.3 Å². The molecule has 0 saturated heterocycles. The summed E-state index contributed by atoms with van der Waals surface area (Å²) >= 11 is 0. The predicted molar refractivity (Wildman–Crippen MR) is 106 cm³/mol. The van der Waals surface area contributed by atoms with Crippen molar-refractivity contribution < 1.29 is 19.1 Å². The monoisotopic (exact) mass is 404 g/mol. The van der Waals surface area contributed by atoms with Crippen molar-refractivity contribution in [3.05, 3.63) is 29.9 Å². The highest BCUT2D eigenvalue weighted by atomic mass is 28.3. The van der Waals surface area contributed by atoms with Crippen molar-refractivity contribution in [1.82, 2.24) is 14.9 Å². The van der Waals surface area contributed by atoms with Crippen molar-refractivity contribution in [3.8, 4) is 6.07 Å². The molecule has 1 aromatic heterocycles. The van der Waals surface area contributed by atoms with Crippen LogP contribution in [0.2, 0.25) is 25.7 Å². The Bertz CT molecular complexity index is 776. The lowest BCUT2D eigenvalue weighted by Gasteiger charge is -2.27. The fourth-order valence-corrected chi connectivity index (χ4v) is 3.55. The summed E-state index contributed by atoms with van der Waals surface area (Å²) in [5.74, 6) is -0.715. The number of carbonyl (C=O) groups is 2. The van der Waals surface area contributed by atoms with Crippen molar-refractivity contribution in [1.29, 1.82) is 5.26 Å². The van der Waals surface area contributed by atoms with Gasteiger partial charge < -0.3 is 19.4 Å². The maximum Gasteiger partial charge on any atom is 0.303 e. The molecule has 0 saturated carbocycles. The molecule has 0 spiro atoms. The molecule has 9 heteroatoms. The Morgan fingerprint density at radius 2 is 2.18 bits per heavy atom. The van der Waals surface area contributed by atoms with Gasteiger partial charge in [-0.3, -0.25) is 9.59 Å². The Balaban J connectivity index is 2.05. The first-order valence-corrected chi connectivity index (χ1v) is 13.1. The normalized spacial score (nSPS) is 19.1. The van der Waals surface area contributed by atoms with Crippen LogP contribution in [-0.2, 0) is 21.0 Å². The molecule has 1 amide bonds. The zero-order chi connectivity index (χ0) is 20.7. The lowest BCUT2D eigenvalue weighted by atomic mass is 9.99. The molecular formula is C19H28N4O4Si. The van der Waals surface area contributed by atoms with Crippen LogP contribution in [0.5, 0.6) is 0 Å². The van der Waals surface area contributed by atoms with E-state index in [9.17, 15) is 9.59 Å². The van der Waals surface area contributed by atoms with Gasteiger partial charge in [-0.05, 0) is 25.0 Å². The minimum Gasteiger partial charge on any atom is -0.456 e. The molecule has 1 N–H and O–H groups in total. The number of hydrogen-bond acceptors (Lipinski definition) is 6. The number of carbonyl (C=O) groups excluding carboxylic acids is 2. The predicted octanol–water partition coefficient (Wildman–Crippen LogP) is 2.45. The summed E-state index contributed by atoms with van der Waals surface area (Å²) in [6.45, 7) is 8.87. The van der Waals surface area contributed by atoms with E-state index in [0.717, 1.165) is 12.5 Å². The number of amides is 1. The van der Waals surface area contributed by atoms with Crippen LogP contribution in [0.25, 0.3) is 0 Å². The first-order valence-electron chi connectivity index (χ1n) is 9.39. The first kappa shape index (κ1) is 21.9. The molecule has 1 aliphatic carbocycles. The van der Waals surface area contributed by atoms with Gasteiger partial charge in [-0.25, -0.2) is 4.98 Å². The number of nitrogens with one attached hydrogen (secondary N) is 1. The summed E-state index contributed by atoms with van der Waals surface area (Å²) in [5.41, 5.74) is 0.152. The van der Waals surface area contributed by atoms with E-state index in [1.807, 2.05) is 12.1 Å². The lowest BCUT2D eigenvalue weighted by Crippen LogP contribution is -2.46. The minimum atomic E-state index is -1.21. The minimum absolute atomic E-state index is 0.112. The van der Waals surface area contributed by atoms with E-state index in [1.54, 1.807) is 6.08 Å². The summed E-state index contributed by atoms with van der Waals surface area (Å²) in [4.78, 5) is 28.2. The van der Waals surface area contributed by atoms with E-state index in [4.69, 9.17) is 14.7 Å². The van der Waals surface area contributed by atoms with Crippen LogP contribution in [0.3, 0.4) is 0 Å². The average Bonchev–Trinajstić information content (AvgIpc) is 3.02. The van der Waals surface area contributed by atoms with Gasteiger partial charge in [0.15, 0.2) is 5.69 Å². The summed E-state index contributed by atoms with van der Waals surface area (Å²) in [5, 5.41) is 12.0. The van der Waals surface area contributed by atoms with E-state index >= 15 is 0 Å². The largest absolute Gasteiger partial charge is 0.456 e. The van der Waals surface area contributed by atoms with E-state index in [2.05, 4.69) is 29.9 Å². The van der Waals surface area contributed by atoms with Crippen LogP contribution in [-0.4, -0.2) is 48.3 Å². The second kappa shape index (κ2) is 9.66. The van der Waals surface area contributed by atoms with Gasteiger partial charge in [-0.15, -0.1) is 0 Å². The second-order valence-corrected chi connectivity index (χ2v) is 13.7. The van der Waals surface area contributed by atoms with Crippen molar-refractivity contribution in [2.24, 2.45) is 0 Å². The van der Waals surface area contributed by atoms with Crippen LogP contribution < -0.4 is 5.32 Å². The van der Waals surface area contributed by atoms with E-state index in [1.165, 1.54) is 17.7 Å². The third-order valence-electron chi connectivity index (χ3n) is 4.31. The van der Waals surface area contributed by atoms with Gasteiger partial charge in [0.25, 0.3) is 5.91 Å². The van der Waals surface area contributed by atoms with E-state index in [-0.39, 0.29) is 24.3 Å². The summed E-state index contributed by atoms with van der Waals surface area (Å²) in [7, 11) is -1.21. The number of ether oxygens (including phenoxy) is 2. The van der Waals surface area contributed by atoms with Gasteiger partial charge >= 0.3 is 5.97 Å². The van der Waals surface area contributed by atoms with Crippen molar-refractivity contribution >= 4 is 20.0 Å². The van der Waals surface area contributed by atoms with E-state index < -0.39 is 26.1 Å². The molecular weight excluding hydrogens is 376 g/mol.